The number of nitrogens with two attached hydrogens (primary N) is 1. The van der Waals surface area contributed by atoms with Crippen molar-refractivity contribution < 1.29 is 5.11 Å². The lowest BCUT2D eigenvalue weighted by Crippen LogP contribution is -2.06. The van der Waals surface area contributed by atoms with Gasteiger partial charge in [0, 0.05) is 0 Å². The van der Waals surface area contributed by atoms with E-state index in [0.717, 1.165) is 23.1 Å². The number of phenols is 1. The standard InChI is InChI=1S/C12H18ClNO/c1-7(4-5-14)10-6-8(2)11(13)12(15)9(10)3/h6-7,15H,4-5,14H2,1-3H3. The van der Waals surface area contributed by atoms with Crippen molar-refractivity contribution in [1.29, 1.82) is 0 Å². The number of benzene rings is 1. The quantitative estimate of drug-likeness (QED) is 0.834. The SMILES string of the molecule is Cc1cc(C(C)CCN)c(C)c(O)c1Cl. The third kappa shape index (κ3) is 2.44. The molecule has 0 aliphatic heterocycles. The van der Waals surface area contributed by atoms with E-state index in [-0.39, 0.29) is 5.75 Å². The molecule has 1 unspecified atom stereocenters. The lowest BCUT2D eigenvalue weighted by atomic mass is 9.91. The lowest BCUT2D eigenvalue weighted by molar-refractivity contribution is 0.468. The summed E-state index contributed by atoms with van der Waals surface area (Å²) in [6, 6.07) is 2.04. The molecule has 0 amide bonds. The van der Waals surface area contributed by atoms with E-state index in [4.69, 9.17) is 17.3 Å². The molecule has 0 saturated carbocycles. The summed E-state index contributed by atoms with van der Waals surface area (Å²) >= 11 is 5.96. The van der Waals surface area contributed by atoms with Gasteiger partial charge in [-0.2, -0.15) is 0 Å². The first kappa shape index (κ1) is 12.3. The van der Waals surface area contributed by atoms with Crippen LogP contribution in [0.1, 0.15) is 36.0 Å². The Kier molecular flexibility index (Phi) is 4.00. The van der Waals surface area contributed by atoms with Crippen molar-refractivity contribution in [3.63, 3.8) is 0 Å². The minimum atomic E-state index is 0.204. The number of hydrogen-bond acceptors (Lipinski definition) is 2. The summed E-state index contributed by atoms with van der Waals surface area (Å²) in [7, 11) is 0. The first-order valence-corrected chi connectivity index (χ1v) is 5.55. The summed E-state index contributed by atoms with van der Waals surface area (Å²) in [6.07, 6.45) is 0.918. The van der Waals surface area contributed by atoms with Gasteiger partial charge in [0.1, 0.15) is 5.75 Å². The second-order valence-electron chi connectivity index (χ2n) is 4.05. The molecule has 1 atom stereocenters. The third-order valence-corrected chi connectivity index (χ3v) is 3.32. The Labute approximate surface area is 96.1 Å². The van der Waals surface area contributed by atoms with Crippen molar-refractivity contribution >= 4 is 11.6 Å². The van der Waals surface area contributed by atoms with E-state index in [1.54, 1.807) is 0 Å². The zero-order valence-electron chi connectivity index (χ0n) is 9.47. The van der Waals surface area contributed by atoms with Gasteiger partial charge in [0.15, 0.2) is 0 Å². The maximum Gasteiger partial charge on any atom is 0.137 e. The molecule has 0 saturated heterocycles. The smallest absolute Gasteiger partial charge is 0.137 e. The largest absolute Gasteiger partial charge is 0.506 e. The molecule has 0 heterocycles. The van der Waals surface area contributed by atoms with Crippen molar-refractivity contribution in [2.45, 2.75) is 33.1 Å². The van der Waals surface area contributed by atoms with Crippen molar-refractivity contribution in [1.82, 2.24) is 0 Å². The number of rotatable bonds is 3. The average Bonchev–Trinajstić information content (AvgIpc) is 2.20. The molecular formula is C12H18ClNO. The van der Waals surface area contributed by atoms with Crippen molar-refractivity contribution in [2.24, 2.45) is 5.73 Å². The summed E-state index contributed by atoms with van der Waals surface area (Å²) in [6.45, 7) is 6.56. The van der Waals surface area contributed by atoms with Gasteiger partial charge in [-0.3, -0.25) is 0 Å². The number of halogens is 1. The van der Waals surface area contributed by atoms with E-state index >= 15 is 0 Å². The highest BCUT2D eigenvalue weighted by molar-refractivity contribution is 6.32. The Bertz CT molecular complexity index is 363. The summed E-state index contributed by atoms with van der Waals surface area (Å²) in [5, 5.41) is 10.3. The van der Waals surface area contributed by atoms with Crippen molar-refractivity contribution in [3.8, 4) is 5.75 Å². The van der Waals surface area contributed by atoms with Gasteiger partial charge in [-0.1, -0.05) is 24.6 Å². The maximum atomic E-state index is 9.82. The van der Waals surface area contributed by atoms with E-state index < -0.39 is 0 Å². The summed E-state index contributed by atoms with van der Waals surface area (Å²) in [4.78, 5) is 0. The number of phenolic OH excluding ortho intramolecular Hbond substituents is 1. The van der Waals surface area contributed by atoms with Gasteiger partial charge in [0.25, 0.3) is 0 Å². The van der Waals surface area contributed by atoms with Gasteiger partial charge in [-0.25, -0.2) is 0 Å². The zero-order chi connectivity index (χ0) is 11.6. The second-order valence-corrected chi connectivity index (χ2v) is 4.43. The fourth-order valence-corrected chi connectivity index (χ4v) is 2.01. The van der Waals surface area contributed by atoms with Gasteiger partial charge in [0.05, 0.1) is 5.02 Å². The highest BCUT2D eigenvalue weighted by Gasteiger charge is 2.14. The minimum absolute atomic E-state index is 0.204. The van der Waals surface area contributed by atoms with Gasteiger partial charge in [-0.05, 0) is 49.4 Å². The maximum absolute atomic E-state index is 9.82. The highest BCUT2D eigenvalue weighted by Crippen LogP contribution is 2.36. The molecule has 0 aromatic heterocycles. The van der Waals surface area contributed by atoms with Crippen LogP contribution >= 0.6 is 11.6 Å². The van der Waals surface area contributed by atoms with Crippen LogP contribution in [0.4, 0.5) is 0 Å². The fourth-order valence-electron chi connectivity index (χ4n) is 1.81. The molecule has 1 rings (SSSR count). The molecular weight excluding hydrogens is 210 g/mol. The summed E-state index contributed by atoms with van der Waals surface area (Å²) in [5.41, 5.74) is 8.46. The summed E-state index contributed by atoms with van der Waals surface area (Å²) in [5.74, 6) is 0.562. The molecule has 3 heteroatoms. The topological polar surface area (TPSA) is 46.2 Å². The third-order valence-electron chi connectivity index (χ3n) is 2.84. The van der Waals surface area contributed by atoms with Crippen LogP contribution in [0.5, 0.6) is 5.75 Å². The van der Waals surface area contributed by atoms with Crippen LogP contribution < -0.4 is 5.73 Å². The first-order chi connectivity index (χ1) is 6.99. The second kappa shape index (κ2) is 4.86. The monoisotopic (exact) mass is 227 g/mol. The van der Waals surface area contributed by atoms with Crippen molar-refractivity contribution in [3.05, 3.63) is 27.8 Å². The van der Waals surface area contributed by atoms with Crippen LogP contribution in [0, 0.1) is 13.8 Å². The van der Waals surface area contributed by atoms with Crippen LogP contribution in [0.25, 0.3) is 0 Å². The Morgan fingerprint density at radius 3 is 2.60 bits per heavy atom. The molecule has 3 N–H and O–H groups in total. The molecule has 0 radical (unpaired) electrons. The van der Waals surface area contributed by atoms with Crippen LogP contribution in [-0.2, 0) is 0 Å². The first-order valence-electron chi connectivity index (χ1n) is 5.17. The lowest BCUT2D eigenvalue weighted by Gasteiger charge is -2.17. The molecule has 84 valence electrons. The molecule has 1 aromatic rings. The van der Waals surface area contributed by atoms with Crippen LogP contribution in [0.2, 0.25) is 5.02 Å². The van der Waals surface area contributed by atoms with Crippen LogP contribution in [0.3, 0.4) is 0 Å². The molecule has 0 bridgehead atoms. The number of hydrogen-bond donors (Lipinski definition) is 2. The molecule has 1 aromatic carbocycles. The van der Waals surface area contributed by atoms with E-state index in [1.165, 1.54) is 0 Å². The molecule has 2 nitrogen and oxygen atoms in total. The predicted octanol–water partition coefficient (Wildman–Crippen LogP) is 3.11. The summed E-state index contributed by atoms with van der Waals surface area (Å²) < 4.78 is 0. The highest BCUT2D eigenvalue weighted by atomic mass is 35.5. The zero-order valence-corrected chi connectivity index (χ0v) is 10.2. The van der Waals surface area contributed by atoms with E-state index in [2.05, 4.69) is 6.92 Å². The predicted molar refractivity (Wildman–Crippen MR) is 64.7 cm³/mol. The Hall–Kier alpha value is -0.730. The number of aryl methyl sites for hydroxylation is 1. The molecule has 15 heavy (non-hydrogen) atoms. The van der Waals surface area contributed by atoms with E-state index in [9.17, 15) is 5.11 Å². The van der Waals surface area contributed by atoms with Crippen molar-refractivity contribution in [2.75, 3.05) is 6.54 Å². The average molecular weight is 228 g/mol. The Morgan fingerprint density at radius 2 is 2.07 bits per heavy atom. The number of aromatic hydroxyl groups is 1. The Morgan fingerprint density at radius 1 is 1.47 bits per heavy atom. The molecule has 0 spiro atoms. The van der Waals surface area contributed by atoms with E-state index in [1.807, 2.05) is 19.9 Å². The Balaban J connectivity index is 3.19. The minimum Gasteiger partial charge on any atom is -0.506 e. The van der Waals surface area contributed by atoms with Gasteiger partial charge < -0.3 is 10.8 Å². The van der Waals surface area contributed by atoms with Gasteiger partial charge >= 0.3 is 0 Å². The van der Waals surface area contributed by atoms with Crippen LogP contribution in [-0.4, -0.2) is 11.7 Å². The van der Waals surface area contributed by atoms with Crippen LogP contribution in [0.15, 0.2) is 6.07 Å². The molecule has 0 aliphatic carbocycles. The van der Waals surface area contributed by atoms with E-state index in [0.29, 0.717) is 17.5 Å². The molecule has 0 aliphatic rings. The molecule has 0 fully saturated rings. The fraction of sp³-hybridized carbons (Fsp3) is 0.500. The van der Waals surface area contributed by atoms with Gasteiger partial charge in [0.2, 0.25) is 0 Å². The van der Waals surface area contributed by atoms with Gasteiger partial charge in [-0.15, -0.1) is 0 Å². The normalized spacial score (nSPS) is 12.9.